The molecule has 0 aromatic heterocycles. The Hall–Kier alpha value is -1.02. The van der Waals surface area contributed by atoms with Gasteiger partial charge < -0.3 is 10.6 Å². The molecule has 1 heterocycles. The van der Waals surface area contributed by atoms with Crippen LogP contribution in [0.25, 0.3) is 0 Å². The summed E-state index contributed by atoms with van der Waals surface area (Å²) in [5, 5.41) is 7.26. The van der Waals surface area contributed by atoms with Crippen LogP contribution >= 0.6 is 0 Å². The molecule has 1 fully saturated rings. The van der Waals surface area contributed by atoms with Crippen molar-refractivity contribution in [3.8, 4) is 0 Å². The number of rotatable bonds is 4. The van der Waals surface area contributed by atoms with Gasteiger partial charge in [-0.05, 0) is 47.3 Å². The molecule has 3 rings (SSSR count). The van der Waals surface area contributed by atoms with Crippen LogP contribution in [0.3, 0.4) is 0 Å². The molecule has 1 aliphatic heterocycles. The minimum absolute atomic E-state index is 0.481. The van der Waals surface area contributed by atoms with Crippen molar-refractivity contribution < 1.29 is 0 Å². The van der Waals surface area contributed by atoms with Crippen molar-refractivity contribution in [1.82, 2.24) is 5.32 Å². The second-order valence-corrected chi connectivity index (χ2v) is 7.61. The van der Waals surface area contributed by atoms with Gasteiger partial charge in [0.1, 0.15) is 0 Å². The fourth-order valence-corrected chi connectivity index (χ4v) is 3.92. The molecular formula is C18H28N2. The van der Waals surface area contributed by atoms with Gasteiger partial charge in [0.05, 0.1) is 0 Å². The third-order valence-corrected chi connectivity index (χ3v) is 6.15. The molecule has 1 aliphatic carbocycles. The van der Waals surface area contributed by atoms with Gasteiger partial charge in [0.15, 0.2) is 0 Å². The molecule has 2 aliphatic rings. The second-order valence-electron chi connectivity index (χ2n) is 7.61. The van der Waals surface area contributed by atoms with Gasteiger partial charge in [0.2, 0.25) is 0 Å². The van der Waals surface area contributed by atoms with E-state index in [9.17, 15) is 0 Å². The highest BCUT2D eigenvalue weighted by molar-refractivity contribution is 5.59. The van der Waals surface area contributed by atoms with Crippen LogP contribution in [0.5, 0.6) is 0 Å². The predicted octanol–water partition coefficient (Wildman–Crippen LogP) is 3.82. The predicted molar refractivity (Wildman–Crippen MR) is 86.0 cm³/mol. The Morgan fingerprint density at radius 3 is 2.65 bits per heavy atom. The molecule has 0 bridgehead atoms. The average molecular weight is 272 g/mol. The molecule has 110 valence electrons. The lowest BCUT2D eigenvalue weighted by Gasteiger charge is -2.21. The molecule has 0 amide bonds. The van der Waals surface area contributed by atoms with E-state index in [1.807, 2.05) is 0 Å². The zero-order valence-corrected chi connectivity index (χ0v) is 13.3. The number of benzene rings is 1. The average Bonchev–Trinajstić information content (AvgIpc) is 2.81. The molecule has 1 saturated carbocycles. The monoisotopic (exact) mass is 272 g/mol. The zero-order chi connectivity index (χ0) is 14.4. The Kier molecular flexibility index (Phi) is 3.32. The summed E-state index contributed by atoms with van der Waals surface area (Å²) in [6.45, 7) is 12.8. The molecular weight excluding hydrogens is 244 g/mol. The maximum absolute atomic E-state index is 3.68. The summed E-state index contributed by atoms with van der Waals surface area (Å²) in [7, 11) is 0. The molecule has 0 unspecified atom stereocenters. The lowest BCUT2D eigenvalue weighted by molar-refractivity contribution is 0.457. The van der Waals surface area contributed by atoms with E-state index in [-0.39, 0.29) is 0 Å². The Labute approximate surface area is 123 Å². The van der Waals surface area contributed by atoms with Crippen LogP contribution in [0.2, 0.25) is 0 Å². The maximum Gasteiger partial charge on any atom is 0.0418 e. The Balaban J connectivity index is 1.60. The van der Waals surface area contributed by atoms with Crippen LogP contribution in [-0.2, 0) is 13.0 Å². The number of fused-ring (bicyclic) bond motifs is 1. The highest BCUT2D eigenvalue weighted by Crippen LogP contribution is 2.67. The minimum atomic E-state index is 0.481. The molecule has 20 heavy (non-hydrogen) atoms. The maximum atomic E-state index is 3.68. The van der Waals surface area contributed by atoms with Gasteiger partial charge >= 0.3 is 0 Å². The van der Waals surface area contributed by atoms with Gasteiger partial charge in [0.25, 0.3) is 0 Å². The first-order chi connectivity index (χ1) is 9.44. The van der Waals surface area contributed by atoms with Crippen molar-refractivity contribution in [2.45, 2.75) is 47.1 Å². The Morgan fingerprint density at radius 2 is 1.95 bits per heavy atom. The van der Waals surface area contributed by atoms with Gasteiger partial charge in [-0.1, -0.05) is 45.9 Å². The van der Waals surface area contributed by atoms with E-state index < -0.39 is 0 Å². The van der Waals surface area contributed by atoms with E-state index in [1.165, 1.54) is 29.7 Å². The van der Waals surface area contributed by atoms with E-state index in [1.54, 1.807) is 0 Å². The summed E-state index contributed by atoms with van der Waals surface area (Å²) in [5.41, 5.74) is 5.27. The summed E-state index contributed by atoms with van der Waals surface area (Å²) in [4.78, 5) is 0. The van der Waals surface area contributed by atoms with Crippen LogP contribution in [0.4, 0.5) is 5.69 Å². The fraction of sp³-hybridized carbons (Fsp3) is 0.667. The quantitative estimate of drug-likeness (QED) is 0.871. The van der Waals surface area contributed by atoms with Crippen LogP contribution < -0.4 is 10.6 Å². The van der Waals surface area contributed by atoms with E-state index in [2.05, 4.69) is 56.5 Å². The van der Waals surface area contributed by atoms with Crippen LogP contribution in [0.1, 0.15) is 45.2 Å². The summed E-state index contributed by atoms with van der Waals surface area (Å²) >= 11 is 0. The third kappa shape index (κ3) is 2.14. The Morgan fingerprint density at radius 1 is 1.20 bits per heavy atom. The van der Waals surface area contributed by atoms with Crippen LogP contribution in [0.15, 0.2) is 18.2 Å². The van der Waals surface area contributed by atoms with E-state index in [0.717, 1.165) is 25.6 Å². The fourth-order valence-electron chi connectivity index (χ4n) is 3.92. The molecule has 2 heteroatoms. The highest BCUT2D eigenvalue weighted by Gasteiger charge is 2.63. The molecule has 0 spiro atoms. The lowest BCUT2D eigenvalue weighted by Crippen LogP contribution is -2.21. The molecule has 0 saturated heterocycles. The van der Waals surface area contributed by atoms with E-state index in [4.69, 9.17) is 0 Å². The minimum Gasteiger partial charge on any atom is -0.385 e. The summed E-state index contributed by atoms with van der Waals surface area (Å²) in [6.07, 6.45) is 2.48. The van der Waals surface area contributed by atoms with Crippen LogP contribution in [-0.4, -0.2) is 13.1 Å². The van der Waals surface area contributed by atoms with Crippen molar-refractivity contribution in [2.75, 3.05) is 18.4 Å². The Bertz CT molecular complexity index is 488. The van der Waals surface area contributed by atoms with Crippen LogP contribution in [0, 0.1) is 16.7 Å². The number of hydrogen-bond acceptors (Lipinski definition) is 2. The first-order valence-electron chi connectivity index (χ1n) is 8.00. The largest absolute Gasteiger partial charge is 0.385 e. The van der Waals surface area contributed by atoms with Gasteiger partial charge in [-0.3, -0.25) is 0 Å². The van der Waals surface area contributed by atoms with Crippen molar-refractivity contribution in [3.63, 3.8) is 0 Å². The molecule has 0 atom stereocenters. The normalized spacial score (nSPS) is 23.0. The molecule has 0 radical (unpaired) electrons. The third-order valence-electron chi connectivity index (χ3n) is 6.15. The topological polar surface area (TPSA) is 24.1 Å². The summed E-state index contributed by atoms with van der Waals surface area (Å²) < 4.78 is 0. The standard InChI is InChI=1S/C18H28N2/c1-17(2)15(18(17,3)4)12-19-11-14-8-5-7-13-9-6-10-20-16(13)14/h5,7-8,15,19-20H,6,9-12H2,1-4H3. The number of nitrogens with one attached hydrogen (secondary N) is 2. The molecule has 2 N–H and O–H groups in total. The smallest absolute Gasteiger partial charge is 0.0418 e. The summed E-state index contributed by atoms with van der Waals surface area (Å²) in [5.74, 6) is 0.794. The molecule has 1 aromatic carbocycles. The number of anilines is 1. The van der Waals surface area contributed by atoms with Gasteiger partial charge in [-0.15, -0.1) is 0 Å². The SMILES string of the molecule is CC1(C)C(CNCc2cccc3c2NCCC3)C1(C)C. The number of hydrogen-bond donors (Lipinski definition) is 2. The lowest BCUT2D eigenvalue weighted by atomic mass is 9.99. The first-order valence-corrected chi connectivity index (χ1v) is 8.00. The van der Waals surface area contributed by atoms with Crippen molar-refractivity contribution in [3.05, 3.63) is 29.3 Å². The van der Waals surface area contributed by atoms with Crippen molar-refractivity contribution >= 4 is 5.69 Å². The highest BCUT2D eigenvalue weighted by atomic mass is 14.9. The van der Waals surface area contributed by atoms with E-state index >= 15 is 0 Å². The second kappa shape index (κ2) is 4.77. The molecule has 1 aromatic rings. The zero-order valence-electron chi connectivity index (χ0n) is 13.3. The number of para-hydroxylation sites is 1. The van der Waals surface area contributed by atoms with Gasteiger partial charge in [-0.25, -0.2) is 0 Å². The summed E-state index contributed by atoms with van der Waals surface area (Å²) in [6, 6.07) is 6.72. The molecule has 2 nitrogen and oxygen atoms in total. The van der Waals surface area contributed by atoms with Gasteiger partial charge in [0, 0.05) is 18.8 Å². The van der Waals surface area contributed by atoms with Crippen molar-refractivity contribution in [1.29, 1.82) is 0 Å². The van der Waals surface area contributed by atoms with E-state index in [0.29, 0.717) is 10.8 Å². The van der Waals surface area contributed by atoms with Crippen molar-refractivity contribution in [2.24, 2.45) is 16.7 Å². The number of aryl methyl sites for hydroxylation is 1. The van der Waals surface area contributed by atoms with Gasteiger partial charge in [-0.2, -0.15) is 0 Å². The first kappa shape index (κ1) is 13.9.